The van der Waals surface area contributed by atoms with Gasteiger partial charge in [-0.1, -0.05) is 18.2 Å². The van der Waals surface area contributed by atoms with Gasteiger partial charge in [-0.05, 0) is 30.3 Å². The van der Waals surface area contributed by atoms with Gasteiger partial charge >= 0.3 is 0 Å². The zero-order valence-corrected chi connectivity index (χ0v) is 13.3. The third-order valence-electron chi connectivity index (χ3n) is 3.78. The van der Waals surface area contributed by atoms with Crippen LogP contribution in [-0.2, 0) is 0 Å². The normalized spacial score (nSPS) is 11.3. The number of aromatic nitrogens is 5. The number of imidazole rings is 1. The maximum absolute atomic E-state index is 4.61. The second-order valence-corrected chi connectivity index (χ2v) is 6.25. The second kappa shape index (κ2) is 5.17. The summed E-state index contributed by atoms with van der Waals surface area (Å²) in [6.45, 7) is 0. The van der Waals surface area contributed by atoms with Crippen LogP contribution in [0, 0.1) is 0 Å². The summed E-state index contributed by atoms with van der Waals surface area (Å²) in [5.41, 5.74) is 3.93. The summed E-state index contributed by atoms with van der Waals surface area (Å²) in [6, 6.07) is 16.1. The number of benzene rings is 2. The molecule has 0 spiro atoms. The number of hydrogen-bond acceptors (Lipinski definition) is 5. The first-order chi connectivity index (χ1) is 11.9. The van der Waals surface area contributed by atoms with Crippen molar-refractivity contribution in [3.05, 3.63) is 60.1 Å². The Hall–Kier alpha value is -3.19. The molecule has 7 heteroatoms. The molecule has 2 aromatic carbocycles. The third kappa shape index (κ3) is 2.14. The molecule has 3 heterocycles. The third-order valence-corrected chi connectivity index (χ3v) is 4.60. The van der Waals surface area contributed by atoms with E-state index in [1.165, 1.54) is 0 Å². The lowest BCUT2D eigenvalue weighted by Gasteiger charge is -2.01. The second-order valence-electron chi connectivity index (χ2n) is 5.35. The first kappa shape index (κ1) is 13.3. The zero-order chi connectivity index (χ0) is 15.9. The molecule has 5 aromatic rings. The topological polar surface area (TPSA) is 70.9 Å². The maximum Gasteiger partial charge on any atom is 0.253 e. The maximum atomic E-state index is 4.61. The van der Waals surface area contributed by atoms with Crippen molar-refractivity contribution in [2.24, 2.45) is 0 Å². The Morgan fingerprint density at radius 2 is 1.96 bits per heavy atom. The lowest BCUT2D eigenvalue weighted by Crippen LogP contribution is -1.93. The molecule has 24 heavy (non-hydrogen) atoms. The first-order valence-corrected chi connectivity index (χ1v) is 8.35. The predicted molar refractivity (Wildman–Crippen MR) is 95.7 cm³/mol. The van der Waals surface area contributed by atoms with E-state index in [1.807, 2.05) is 58.6 Å². The lowest BCUT2D eigenvalue weighted by molar-refractivity contribution is 1.01. The van der Waals surface area contributed by atoms with E-state index in [-0.39, 0.29) is 0 Å². The molecule has 0 aliphatic rings. The summed E-state index contributed by atoms with van der Waals surface area (Å²) in [5.74, 6) is 1.30. The lowest BCUT2D eigenvalue weighted by atomic mass is 10.2. The van der Waals surface area contributed by atoms with Crippen molar-refractivity contribution in [1.29, 1.82) is 0 Å². The van der Waals surface area contributed by atoms with Crippen molar-refractivity contribution in [2.75, 3.05) is 5.32 Å². The molecule has 3 aromatic heterocycles. The van der Waals surface area contributed by atoms with Gasteiger partial charge in [0.1, 0.15) is 5.01 Å². The Balaban J connectivity index is 1.56. The molecule has 0 bridgehead atoms. The molecule has 6 nitrogen and oxygen atoms in total. The molecular weight excluding hydrogens is 320 g/mol. The van der Waals surface area contributed by atoms with Crippen LogP contribution < -0.4 is 5.32 Å². The van der Waals surface area contributed by atoms with Crippen LogP contribution in [0.15, 0.2) is 60.1 Å². The predicted octanol–water partition coefficient (Wildman–Crippen LogP) is 4.08. The fraction of sp³-hybridized carbons (Fsp3) is 0. The summed E-state index contributed by atoms with van der Waals surface area (Å²) in [4.78, 5) is 13.5. The Kier molecular flexibility index (Phi) is 2.86. The number of hydrogen-bond donors (Lipinski definition) is 2. The van der Waals surface area contributed by atoms with Crippen LogP contribution in [0.1, 0.15) is 0 Å². The number of para-hydroxylation sites is 1. The Labute approximate surface area is 140 Å². The number of nitrogens with one attached hydrogen (secondary N) is 2. The summed E-state index contributed by atoms with van der Waals surface area (Å²) >= 11 is 1.62. The highest BCUT2D eigenvalue weighted by Crippen LogP contribution is 2.26. The van der Waals surface area contributed by atoms with E-state index in [0.29, 0.717) is 11.7 Å². The van der Waals surface area contributed by atoms with E-state index >= 15 is 0 Å². The van der Waals surface area contributed by atoms with E-state index in [2.05, 4.69) is 31.4 Å². The Morgan fingerprint density at radius 3 is 2.79 bits per heavy atom. The summed E-state index contributed by atoms with van der Waals surface area (Å²) < 4.78 is 1.88. The van der Waals surface area contributed by atoms with E-state index in [0.717, 1.165) is 27.3 Å². The Morgan fingerprint density at radius 1 is 1.04 bits per heavy atom. The highest BCUT2D eigenvalue weighted by Gasteiger charge is 2.11. The molecule has 0 aliphatic heterocycles. The van der Waals surface area contributed by atoms with Crippen molar-refractivity contribution in [3.8, 4) is 10.6 Å². The van der Waals surface area contributed by atoms with Crippen LogP contribution in [0.3, 0.4) is 0 Å². The minimum Gasteiger partial charge on any atom is -0.325 e. The van der Waals surface area contributed by atoms with E-state index in [9.17, 15) is 0 Å². The first-order valence-electron chi connectivity index (χ1n) is 7.47. The van der Waals surface area contributed by atoms with Crippen LogP contribution >= 0.6 is 11.3 Å². The molecule has 116 valence electrons. The van der Waals surface area contributed by atoms with Gasteiger partial charge < -0.3 is 5.32 Å². The number of rotatable bonds is 3. The largest absolute Gasteiger partial charge is 0.325 e. The summed E-state index contributed by atoms with van der Waals surface area (Å²) in [6.07, 6.45) is 1.81. The molecule has 0 amide bonds. The van der Waals surface area contributed by atoms with Crippen molar-refractivity contribution in [1.82, 2.24) is 24.6 Å². The average Bonchev–Trinajstić information content (AvgIpc) is 3.31. The summed E-state index contributed by atoms with van der Waals surface area (Å²) in [7, 11) is 0. The SMILES string of the molecule is c1ccc(Nc2nc3nc4cc(-c5nccs5)ccc4n3[nH]2)cc1. The number of thiazole rings is 1. The summed E-state index contributed by atoms with van der Waals surface area (Å²) in [5, 5.41) is 9.45. The highest BCUT2D eigenvalue weighted by atomic mass is 32.1. The Bertz CT molecular complexity index is 1120. The van der Waals surface area contributed by atoms with Gasteiger partial charge in [0.15, 0.2) is 0 Å². The number of anilines is 2. The minimum atomic E-state index is 0.639. The van der Waals surface area contributed by atoms with E-state index in [1.54, 1.807) is 11.3 Å². The highest BCUT2D eigenvalue weighted by molar-refractivity contribution is 7.13. The van der Waals surface area contributed by atoms with Gasteiger partial charge in [0.2, 0.25) is 5.95 Å². The number of nitrogens with zero attached hydrogens (tertiary/aromatic N) is 4. The van der Waals surface area contributed by atoms with Crippen LogP contribution in [0.2, 0.25) is 0 Å². The molecule has 0 fully saturated rings. The molecule has 0 unspecified atom stereocenters. The monoisotopic (exact) mass is 332 g/mol. The van der Waals surface area contributed by atoms with Gasteiger partial charge in [0.25, 0.3) is 5.78 Å². The molecule has 5 rings (SSSR count). The zero-order valence-electron chi connectivity index (χ0n) is 12.5. The van der Waals surface area contributed by atoms with Gasteiger partial charge in [-0.3, -0.25) is 5.10 Å². The fourth-order valence-corrected chi connectivity index (χ4v) is 3.33. The molecular formula is C17H12N6S. The van der Waals surface area contributed by atoms with Gasteiger partial charge in [0.05, 0.1) is 11.0 Å². The van der Waals surface area contributed by atoms with E-state index < -0.39 is 0 Å². The van der Waals surface area contributed by atoms with Crippen LogP contribution in [0.4, 0.5) is 11.6 Å². The number of fused-ring (bicyclic) bond motifs is 3. The van der Waals surface area contributed by atoms with Crippen molar-refractivity contribution >= 4 is 39.8 Å². The molecule has 0 atom stereocenters. The molecule has 2 N–H and O–H groups in total. The van der Waals surface area contributed by atoms with Crippen molar-refractivity contribution < 1.29 is 0 Å². The average molecular weight is 332 g/mol. The van der Waals surface area contributed by atoms with Gasteiger partial charge in [0, 0.05) is 22.8 Å². The quantitative estimate of drug-likeness (QED) is 0.522. The van der Waals surface area contributed by atoms with Gasteiger partial charge in [-0.15, -0.1) is 11.3 Å². The van der Waals surface area contributed by atoms with Crippen molar-refractivity contribution in [3.63, 3.8) is 0 Å². The van der Waals surface area contributed by atoms with Crippen molar-refractivity contribution in [2.45, 2.75) is 0 Å². The smallest absolute Gasteiger partial charge is 0.253 e. The molecule has 0 saturated heterocycles. The fourth-order valence-electron chi connectivity index (χ4n) is 2.70. The van der Waals surface area contributed by atoms with Gasteiger partial charge in [-0.25, -0.2) is 14.5 Å². The molecule has 0 saturated carbocycles. The van der Waals surface area contributed by atoms with Gasteiger partial charge in [-0.2, -0.15) is 4.98 Å². The number of aromatic amines is 1. The standard InChI is InChI=1S/C17H12N6S/c1-2-4-12(5-3-1)19-16-21-17-20-13-10-11(15-18-8-9-24-15)6-7-14(13)23(17)22-16/h1-10H,(H2,19,20,21,22). The minimum absolute atomic E-state index is 0.639. The van der Waals surface area contributed by atoms with Crippen LogP contribution in [0.25, 0.3) is 27.4 Å². The number of H-pyrrole nitrogens is 1. The van der Waals surface area contributed by atoms with Crippen LogP contribution in [-0.4, -0.2) is 24.6 Å². The van der Waals surface area contributed by atoms with E-state index in [4.69, 9.17) is 0 Å². The molecule has 0 radical (unpaired) electrons. The molecule has 0 aliphatic carbocycles. The van der Waals surface area contributed by atoms with Crippen LogP contribution in [0.5, 0.6) is 0 Å².